The highest BCUT2D eigenvalue weighted by Crippen LogP contribution is 2.17. The Kier molecular flexibility index (Phi) is 5.93. The van der Waals surface area contributed by atoms with E-state index in [1.165, 1.54) is 24.3 Å². The number of benzene rings is 2. The largest absolute Gasteiger partial charge is 0.379 e. The van der Waals surface area contributed by atoms with Crippen LogP contribution in [-0.2, 0) is 4.74 Å². The van der Waals surface area contributed by atoms with Crippen LogP contribution in [0.5, 0.6) is 0 Å². The van der Waals surface area contributed by atoms with Crippen molar-refractivity contribution in [3.8, 4) is 0 Å². The van der Waals surface area contributed by atoms with Crippen LogP contribution in [0.2, 0.25) is 0 Å². The molecule has 1 N–H and O–H groups in total. The molecule has 0 bridgehead atoms. The van der Waals surface area contributed by atoms with Gasteiger partial charge in [0.15, 0.2) is 0 Å². The van der Waals surface area contributed by atoms with Crippen molar-refractivity contribution in [2.24, 2.45) is 0 Å². The smallest absolute Gasteiger partial charge is 0.269 e. The molecular formula is C19H21N3O4. The van der Waals surface area contributed by atoms with Crippen molar-refractivity contribution in [1.29, 1.82) is 0 Å². The van der Waals surface area contributed by atoms with E-state index in [-0.39, 0.29) is 17.6 Å². The standard InChI is InChI=1S/C19H21N3O4/c23-19(16-6-8-17(9-7-16)22(24)25)20-18(15-4-2-1-3-5-15)14-21-10-12-26-13-11-21/h1-9,18H,10-14H2,(H,20,23). The Morgan fingerprint density at radius 3 is 2.38 bits per heavy atom. The molecule has 7 heteroatoms. The number of hydrogen-bond acceptors (Lipinski definition) is 5. The van der Waals surface area contributed by atoms with Crippen molar-refractivity contribution in [3.63, 3.8) is 0 Å². The maximum absolute atomic E-state index is 12.6. The number of amides is 1. The molecule has 1 fully saturated rings. The number of morpholine rings is 1. The number of nitro groups is 1. The van der Waals surface area contributed by atoms with Crippen LogP contribution >= 0.6 is 0 Å². The van der Waals surface area contributed by atoms with Gasteiger partial charge in [-0.2, -0.15) is 0 Å². The van der Waals surface area contributed by atoms with Crippen LogP contribution in [0.4, 0.5) is 5.69 Å². The van der Waals surface area contributed by atoms with Crippen molar-refractivity contribution in [2.45, 2.75) is 6.04 Å². The SMILES string of the molecule is O=C(NC(CN1CCOCC1)c1ccccc1)c1ccc([N+](=O)[O-])cc1. The second kappa shape index (κ2) is 8.55. The molecule has 0 radical (unpaired) electrons. The molecule has 3 rings (SSSR count). The molecule has 1 amide bonds. The van der Waals surface area contributed by atoms with E-state index in [2.05, 4.69) is 10.2 Å². The molecule has 0 aromatic heterocycles. The summed E-state index contributed by atoms with van der Waals surface area (Å²) in [4.78, 5) is 25.2. The lowest BCUT2D eigenvalue weighted by atomic mass is 10.1. The first-order valence-corrected chi connectivity index (χ1v) is 8.54. The summed E-state index contributed by atoms with van der Waals surface area (Å²) in [6, 6.07) is 15.3. The van der Waals surface area contributed by atoms with Gasteiger partial charge in [0, 0.05) is 37.3 Å². The van der Waals surface area contributed by atoms with E-state index in [9.17, 15) is 14.9 Å². The van der Waals surface area contributed by atoms with Crippen molar-refractivity contribution < 1.29 is 14.5 Å². The number of nitro benzene ring substituents is 1. The molecular weight excluding hydrogens is 334 g/mol. The predicted molar refractivity (Wildman–Crippen MR) is 97.0 cm³/mol. The van der Waals surface area contributed by atoms with Gasteiger partial charge in [-0.05, 0) is 17.7 Å². The minimum atomic E-state index is -0.479. The van der Waals surface area contributed by atoms with Crippen LogP contribution in [0.1, 0.15) is 22.0 Å². The van der Waals surface area contributed by atoms with Gasteiger partial charge in [-0.25, -0.2) is 0 Å². The van der Waals surface area contributed by atoms with Gasteiger partial charge < -0.3 is 10.1 Å². The third kappa shape index (κ3) is 4.65. The van der Waals surface area contributed by atoms with Crippen LogP contribution in [0.25, 0.3) is 0 Å². The average Bonchev–Trinajstić information content (AvgIpc) is 2.69. The number of carbonyl (C=O) groups excluding carboxylic acids is 1. The lowest BCUT2D eigenvalue weighted by Crippen LogP contribution is -2.43. The Morgan fingerprint density at radius 2 is 1.77 bits per heavy atom. The number of carbonyl (C=O) groups is 1. The molecule has 1 unspecified atom stereocenters. The normalized spacial score (nSPS) is 16.0. The Balaban J connectivity index is 1.73. The molecule has 1 aliphatic rings. The zero-order chi connectivity index (χ0) is 18.4. The fourth-order valence-corrected chi connectivity index (χ4v) is 2.94. The third-order valence-corrected chi connectivity index (χ3v) is 4.39. The van der Waals surface area contributed by atoms with Gasteiger partial charge in [0.25, 0.3) is 11.6 Å². The average molecular weight is 355 g/mol. The molecule has 26 heavy (non-hydrogen) atoms. The van der Waals surface area contributed by atoms with Crippen LogP contribution in [0, 0.1) is 10.1 Å². The number of non-ortho nitro benzene ring substituents is 1. The zero-order valence-corrected chi connectivity index (χ0v) is 14.3. The minimum Gasteiger partial charge on any atom is -0.379 e. The molecule has 0 spiro atoms. The van der Waals surface area contributed by atoms with Crippen LogP contribution in [-0.4, -0.2) is 48.6 Å². The fourth-order valence-electron chi connectivity index (χ4n) is 2.94. The van der Waals surface area contributed by atoms with Gasteiger partial charge in [-0.1, -0.05) is 30.3 Å². The second-order valence-corrected chi connectivity index (χ2v) is 6.15. The number of ether oxygens (including phenoxy) is 1. The summed E-state index contributed by atoms with van der Waals surface area (Å²) in [6.07, 6.45) is 0. The molecule has 0 saturated carbocycles. The third-order valence-electron chi connectivity index (χ3n) is 4.39. The summed E-state index contributed by atoms with van der Waals surface area (Å²) < 4.78 is 5.38. The van der Waals surface area contributed by atoms with Crippen LogP contribution < -0.4 is 5.32 Å². The minimum absolute atomic E-state index is 0.0329. The van der Waals surface area contributed by atoms with Crippen LogP contribution in [0.3, 0.4) is 0 Å². The summed E-state index contributed by atoms with van der Waals surface area (Å²) in [5, 5.41) is 13.8. The van der Waals surface area contributed by atoms with Crippen molar-refractivity contribution in [3.05, 3.63) is 75.8 Å². The Bertz CT molecular complexity index is 743. The molecule has 2 aromatic rings. The van der Waals surface area contributed by atoms with Gasteiger partial charge >= 0.3 is 0 Å². The molecule has 1 aliphatic heterocycles. The van der Waals surface area contributed by atoms with E-state index in [1.54, 1.807) is 0 Å². The maximum atomic E-state index is 12.6. The van der Waals surface area contributed by atoms with E-state index >= 15 is 0 Å². The Morgan fingerprint density at radius 1 is 1.12 bits per heavy atom. The highest BCUT2D eigenvalue weighted by Gasteiger charge is 2.21. The van der Waals surface area contributed by atoms with Gasteiger partial charge in [0.05, 0.1) is 24.2 Å². The molecule has 7 nitrogen and oxygen atoms in total. The zero-order valence-electron chi connectivity index (χ0n) is 14.3. The summed E-state index contributed by atoms with van der Waals surface area (Å²) in [7, 11) is 0. The quantitative estimate of drug-likeness (QED) is 0.635. The lowest BCUT2D eigenvalue weighted by molar-refractivity contribution is -0.384. The molecule has 1 saturated heterocycles. The van der Waals surface area contributed by atoms with Gasteiger partial charge in [0.1, 0.15) is 0 Å². The first kappa shape index (κ1) is 18.0. The topological polar surface area (TPSA) is 84.7 Å². The van der Waals surface area contributed by atoms with E-state index < -0.39 is 4.92 Å². The summed E-state index contributed by atoms with van der Waals surface area (Å²) in [5.74, 6) is -0.248. The Labute approximate surface area is 151 Å². The highest BCUT2D eigenvalue weighted by molar-refractivity contribution is 5.94. The molecule has 136 valence electrons. The van der Waals surface area contributed by atoms with Crippen molar-refractivity contribution >= 4 is 11.6 Å². The van der Waals surface area contributed by atoms with Gasteiger partial charge in [-0.3, -0.25) is 19.8 Å². The maximum Gasteiger partial charge on any atom is 0.269 e. The van der Waals surface area contributed by atoms with Gasteiger partial charge in [-0.15, -0.1) is 0 Å². The monoisotopic (exact) mass is 355 g/mol. The van der Waals surface area contributed by atoms with E-state index in [4.69, 9.17) is 4.74 Å². The molecule has 1 heterocycles. The Hall–Kier alpha value is -2.77. The summed E-state index contributed by atoms with van der Waals surface area (Å²) in [5.41, 5.74) is 1.39. The number of nitrogens with zero attached hydrogens (tertiary/aromatic N) is 2. The van der Waals surface area contributed by atoms with Crippen molar-refractivity contribution in [1.82, 2.24) is 10.2 Å². The van der Waals surface area contributed by atoms with Gasteiger partial charge in [0.2, 0.25) is 0 Å². The van der Waals surface area contributed by atoms with E-state index in [0.717, 1.165) is 18.7 Å². The van der Waals surface area contributed by atoms with E-state index in [0.29, 0.717) is 25.3 Å². The van der Waals surface area contributed by atoms with Crippen LogP contribution in [0.15, 0.2) is 54.6 Å². The fraction of sp³-hybridized carbons (Fsp3) is 0.316. The molecule has 2 aromatic carbocycles. The molecule has 0 aliphatic carbocycles. The first-order chi connectivity index (χ1) is 12.6. The lowest BCUT2D eigenvalue weighted by Gasteiger charge is -2.31. The number of rotatable bonds is 6. The first-order valence-electron chi connectivity index (χ1n) is 8.54. The predicted octanol–water partition coefficient (Wildman–Crippen LogP) is 2.40. The second-order valence-electron chi connectivity index (χ2n) is 6.15. The summed E-state index contributed by atoms with van der Waals surface area (Å²) >= 11 is 0. The molecule has 1 atom stereocenters. The highest BCUT2D eigenvalue weighted by atomic mass is 16.6. The number of nitrogens with one attached hydrogen (secondary N) is 1. The number of hydrogen-bond donors (Lipinski definition) is 1. The van der Waals surface area contributed by atoms with E-state index in [1.807, 2.05) is 30.3 Å². The summed E-state index contributed by atoms with van der Waals surface area (Å²) in [6.45, 7) is 3.73. The van der Waals surface area contributed by atoms with Crippen molar-refractivity contribution in [2.75, 3.05) is 32.8 Å².